The first-order valence-corrected chi connectivity index (χ1v) is 4.05. The van der Waals surface area contributed by atoms with Crippen molar-refractivity contribution < 1.29 is 4.74 Å². The lowest BCUT2D eigenvalue weighted by atomic mass is 10.3. The normalized spacial score (nSPS) is 9.83. The first kappa shape index (κ1) is 9.00. The molecule has 1 N–H and O–H groups in total. The fourth-order valence-electron chi connectivity index (χ4n) is 0.987. The van der Waals surface area contributed by atoms with Gasteiger partial charge in [0.2, 0.25) is 0 Å². The van der Waals surface area contributed by atoms with Gasteiger partial charge in [-0.2, -0.15) is 0 Å². The molecule has 0 saturated heterocycles. The first-order chi connectivity index (χ1) is 5.86. The second kappa shape index (κ2) is 4.72. The molecule has 0 aromatic carbocycles. The Kier molecular flexibility index (Phi) is 3.54. The molecule has 0 radical (unpaired) electrons. The van der Waals surface area contributed by atoms with E-state index >= 15 is 0 Å². The summed E-state index contributed by atoms with van der Waals surface area (Å²) in [5, 5.41) is 3.14. The molecule has 0 amide bonds. The van der Waals surface area contributed by atoms with Gasteiger partial charge in [-0.15, -0.1) is 0 Å². The number of aromatic nitrogens is 1. The lowest BCUT2D eigenvalue weighted by molar-refractivity contribution is 0.181. The largest absolute Gasteiger partial charge is 0.378 e. The van der Waals surface area contributed by atoms with Crippen LogP contribution in [0.25, 0.3) is 0 Å². The number of hydrogen-bond acceptors (Lipinski definition) is 3. The predicted molar refractivity (Wildman–Crippen MR) is 49.1 cm³/mol. The molecule has 0 saturated carbocycles. The molecule has 0 fully saturated rings. The standard InChI is InChI=1S/C9H14N2O/c1-3-10-9-6-4-5-8(11-9)7-12-2/h4-6H,3,7H2,1-2H3,(H,10,11). The topological polar surface area (TPSA) is 34.1 Å². The fraction of sp³-hybridized carbons (Fsp3) is 0.444. The van der Waals surface area contributed by atoms with E-state index in [9.17, 15) is 0 Å². The minimum atomic E-state index is 0.569. The van der Waals surface area contributed by atoms with E-state index in [-0.39, 0.29) is 0 Å². The van der Waals surface area contributed by atoms with Crippen LogP contribution in [-0.2, 0) is 11.3 Å². The van der Waals surface area contributed by atoms with Gasteiger partial charge in [0.05, 0.1) is 12.3 Å². The Morgan fingerprint density at radius 2 is 2.33 bits per heavy atom. The van der Waals surface area contributed by atoms with Gasteiger partial charge in [0.25, 0.3) is 0 Å². The van der Waals surface area contributed by atoms with Crippen LogP contribution in [-0.4, -0.2) is 18.6 Å². The highest BCUT2D eigenvalue weighted by molar-refractivity contribution is 5.34. The van der Waals surface area contributed by atoms with Gasteiger partial charge >= 0.3 is 0 Å². The summed E-state index contributed by atoms with van der Waals surface area (Å²) in [4.78, 5) is 4.32. The Bertz CT molecular complexity index is 216. The summed E-state index contributed by atoms with van der Waals surface area (Å²) >= 11 is 0. The molecule has 0 bridgehead atoms. The van der Waals surface area contributed by atoms with E-state index in [1.54, 1.807) is 7.11 Å². The zero-order chi connectivity index (χ0) is 8.81. The lowest BCUT2D eigenvalue weighted by Gasteiger charge is -2.03. The van der Waals surface area contributed by atoms with E-state index in [2.05, 4.69) is 10.3 Å². The molecule has 0 aliphatic carbocycles. The monoisotopic (exact) mass is 166 g/mol. The minimum absolute atomic E-state index is 0.569. The summed E-state index contributed by atoms with van der Waals surface area (Å²) in [5.41, 5.74) is 0.955. The van der Waals surface area contributed by atoms with Crippen molar-refractivity contribution in [2.24, 2.45) is 0 Å². The van der Waals surface area contributed by atoms with E-state index < -0.39 is 0 Å². The molecule has 0 unspecified atom stereocenters. The molecule has 0 aliphatic rings. The van der Waals surface area contributed by atoms with Crippen molar-refractivity contribution >= 4 is 5.82 Å². The summed E-state index contributed by atoms with van der Waals surface area (Å²) in [6.45, 7) is 3.51. The molecular weight excluding hydrogens is 152 g/mol. The zero-order valence-electron chi connectivity index (χ0n) is 7.50. The van der Waals surface area contributed by atoms with Gasteiger partial charge in [0.15, 0.2) is 0 Å². The van der Waals surface area contributed by atoms with Crippen LogP contribution in [0.15, 0.2) is 18.2 Å². The predicted octanol–water partition coefficient (Wildman–Crippen LogP) is 1.66. The molecule has 12 heavy (non-hydrogen) atoms. The highest BCUT2D eigenvalue weighted by Gasteiger charge is 1.94. The van der Waals surface area contributed by atoms with E-state index in [4.69, 9.17) is 4.74 Å². The highest BCUT2D eigenvalue weighted by Crippen LogP contribution is 2.04. The van der Waals surface area contributed by atoms with E-state index in [0.29, 0.717) is 6.61 Å². The molecule has 0 spiro atoms. The minimum Gasteiger partial charge on any atom is -0.378 e. The molecule has 0 atom stereocenters. The molecule has 1 aromatic heterocycles. The number of anilines is 1. The molecule has 1 heterocycles. The molecule has 1 rings (SSSR count). The number of nitrogens with zero attached hydrogens (tertiary/aromatic N) is 1. The number of rotatable bonds is 4. The van der Waals surface area contributed by atoms with Crippen molar-refractivity contribution in [3.63, 3.8) is 0 Å². The smallest absolute Gasteiger partial charge is 0.126 e. The maximum absolute atomic E-state index is 4.97. The van der Waals surface area contributed by atoms with E-state index in [1.807, 2.05) is 25.1 Å². The molecule has 66 valence electrons. The van der Waals surface area contributed by atoms with Gasteiger partial charge in [-0.3, -0.25) is 0 Å². The van der Waals surface area contributed by atoms with Crippen molar-refractivity contribution in [2.75, 3.05) is 19.0 Å². The highest BCUT2D eigenvalue weighted by atomic mass is 16.5. The van der Waals surface area contributed by atoms with Gasteiger partial charge in [-0.1, -0.05) is 6.07 Å². The maximum atomic E-state index is 4.97. The van der Waals surface area contributed by atoms with Gasteiger partial charge in [-0.05, 0) is 19.1 Å². The average Bonchev–Trinajstić information content (AvgIpc) is 2.06. The second-order valence-corrected chi connectivity index (χ2v) is 2.48. The van der Waals surface area contributed by atoms with Gasteiger partial charge in [0, 0.05) is 13.7 Å². The summed E-state index contributed by atoms with van der Waals surface area (Å²) in [7, 11) is 1.67. The third kappa shape index (κ3) is 2.51. The summed E-state index contributed by atoms with van der Waals surface area (Å²) < 4.78 is 4.97. The number of ether oxygens (including phenoxy) is 1. The summed E-state index contributed by atoms with van der Waals surface area (Å²) in [5.74, 6) is 0.909. The van der Waals surface area contributed by atoms with Crippen LogP contribution in [0.1, 0.15) is 12.6 Å². The Morgan fingerprint density at radius 3 is 3.00 bits per heavy atom. The van der Waals surface area contributed by atoms with Crippen LogP contribution < -0.4 is 5.32 Å². The quantitative estimate of drug-likeness (QED) is 0.738. The third-order valence-corrected chi connectivity index (χ3v) is 1.46. The van der Waals surface area contributed by atoms with E-state index in [1.165, 1.54) is 0 Å². The molecule has 0 aliphatic heterocycles. The van der Waals surface area contributed by atoms with Crippen LogP contribution in [0, 0.1) is 0 Å². The average molecular weight is 166 g/mol. The number of nitrogens with one attached hydrogen (secondary N) is 1. The lowest BCUT2D eigenvalue weighted by Crippen LogP contribution is -2.01. The molecule has 3 nitrogen and oxygen atoms in total. The van der Waals surface area contributed by atoms with E-state index in [0.717, 1.165) is 18.1 Å². The Hall–Kier alpha value is -1.09. The Labute approximate surface area is 72.8 Å². The van der Waals surface area contributed by atoms with Crippen molar-refractivity contribution in [3.8, 4) is 0 Å². The van der Waals surface area contributed by atoms with Crippen molar-refractivity contribution in [1.29, 1.82) is 0 Å². The SMILES string of the molecule is CCNc1cccc(COC)n1. The van der Waals surface area contributed by atoms with Gasteiger partial charge in [0.1, 0.15) is 5.82 Å². The second-order valence-electron chi connectivity index (χ2n) is 2.48. The maximum Gasteiger partial charge on any atom is 0.126 e. The van der Waals surface area contributed by atoms with Crippen molar-refractivity contribution in [3.05, 3.63) is 23.9 Å². The van der Waals surface area contributed by atoms with Crippen LogP contribution in [0.3, 0.4) is 0 Å². The first-order valence-electron chi connectivity index (χ1n) is 4.05. The number of hydrogen-bond donors (Lipinski definition) is 1. The van der Waals surface area contributed by atoms with Crippen LogP contribution >= 0.6 is 0 Å². The van der Waals surface area contributed by atoms with Gasteiger partial charge < -0.3 is 10.1 Å². The number of methoxy groups -OCH3 is 1. The molecule has 1 aromatic rings. The van der Waals surface area contributed by atoms with Crippen molar-refractivity contribution in [1.82, 2.24) is 4.98 Å². The zero-order valence-corrected chi connectivity index (χ0v) is 7.50. The van der Waals surface area contributed by atoms with Crippen molar-refractivity contribution in [2.45, 2.75) is 13.5 Å². The number of pyridine rings is 1. The summed E-state index contributed by atoms with van der Waals surface area (Å²) in [6.07, 6.45) is 0. The Balaban J connectivity index is 2.67. The summed E-state index contributed by atoms with van der Waals surface area (Å²) in [6, 6.07) is 5.87. The van der Waals surface area contributed by atoms with Crippen LogP contribution in [0.4, 0.5) is 5.82 Å². The van der Waals surface area contributed by atoms with Gasteiger partial charge in [-0.25, -0.2) is 4.98 Å². The Morgan fingerprint density at radius 1 is 1.50 bits per heavy atom. The van der Waals surface area contributed by atoms with Crippen LogP contribution in [0.5, 0.6) is 0 Å². The molecular formula is C9H14N2O. The molecule has 3 heteroatoms. The fourth-order valence-corrected chi connectivity index (χ4v) is 0.987. The third-order valence-electron chi connectivity index (χ3n) is 1.46. The van der Waals surface area contributed by atoms with Crippen LogP contribution in [0.2, 0.25) is 0 Å².